The van der Waals surface area contributed by atoms with E-state index in [2.05, 4.69) is 15.4 Å². The molecule has 4 N–H and O–H groups in total. The summed E-state index contributed by atoms with van der Waals surface area (Å²) in [7, 11) is 0. The van der Waals surface area contributed by atoms with Crippen LogP contribution in [0.5, 0.6) is 0 Å². The van der Waals surface area contributed by atoms with E-state index in [9.17, 15) is 4.79 Å². The molecule has 2 aromatic heterocycles. The monoisotopic (exact) mass is 272 g/mol. The fourth-order valence-electron chi connectivity index (χ4n) is 0.772. The van der Waals surface area contributed by atoms with Crippen molar-refractivity contribution >= 4 is 34.9 Å². The fraction of sp³-hybridized carbons (Fsp3) is 0. The quantitative estimate of drug-likeness (QED) is 0.570. The molecule has 0 spiro atoms. The van der Waals surface area contributed by atoms with Crippen LogP contribution < -0.4 is 11.3 Å². The molecule has 0 fully saturated rings. The van der Waals surface area contributed by atoms with Crippen molar-refractivity contribution in [2.75, 3.05) is 5.43 Å². The Bertz CT molecular complexity index is 460. The van der Waals surface area contributed by atoms with Gasteiger partial charge in [-0.15, -0.1) is 11.3 Å². The maximum Gasteiger partial charge on any atom is 0.338 e. The van der Waals surface area contributed by atoms with Crippen LogP contribution in [0.1, 0.15) is 10.4 Å². The summed E-state index contributed by atoms with van der Waals surface area (Å²) in [6, 6.07) is 3.79. The number of hydrogen-bond donors (Lipinski definition) is 3. The molecule has 0 bridgehead atoms. The summed E-state index contributed by atoms with van der Waals surface area (Å²) in [6.45, 7) is 0. The number of aromatic carboxylic acids is 1. The van der Waals surface area contributed by atoms with Crippen molar-refractivity contribution in [1.82, 2.24) is 9.97 Å². The number of nitrogens with one attached hydrogen (secondary N) is 1. The van der Waals surface area contributed by atoms with E-state index in [1.807, 2.05) is 17.5 Å². The third-order valence-electron chi connectivity index (χ3n) is 1.51. The number of nitrogens with zero attached hydrogens (tertiary/aromatic N) is 2. The van der Waals surface area contributed by atoms with Crippen molar-refractivity contribution in [2.45, 2.75) is 0 Å². The number of nitrogens with two attached hydrogens (primary N) is 1. The minimum Gasteiger partial charge on any atom is -0.478 e. The molecule has 90 valence electrons. The largest absolute Gasteiger partial charge is 0.478 e. The maximum atomic E-state index is 10.3. The summed E-state index contributed by atoms with van der Waals surface area (Å²) in [5.74, 6) is 4.08. The number of thiophene rings is 1. The van der Waals surface area contributed by atoms with Gasteiger partial charge in [-0.2, -0.15) is 0 Å². The number of carboxylic acids is 1. The number of anilines is 1. The topological polar surface area (TPSA) is 101 Å². The van der Waals surface area contributed by atoms with E-state index in [1.165, 1.54) is 12.4 Å². The van der Waals surface area contributed by atoms with Crippen LogP contribution in [0.4, 0.5) is 5.95 Å². The Kier molecular flexibility index (Phi) is 5.34. The minimum absolute atomic E-state index is 0.0315. The summed E-state index contributed by atoms with van der Waals surface area (Å²) >= 11 is 7.02. The Morgan fingerprint density at radius 3 is 2.41 bits per heavy atom. The second-order valence-corrected chi connectivity index (χ2v) is 4.24. The van der Waals surface area contributed by atoms with Crippen molar-refractivity contribution in [2.24, 2.45) is 5.84 Å². The number of nitrogen functional groups attached to an aromatic ring is 1. The second kappa shape index (κ2) is 6.79. The van der Waals surface area contributed by atoms with Crippen LogP contribution in [0.15, 0.2) is 29.9 Å². The molecule has 0 aliphatic rings. The molecule has 2 rings (SSSR count). The molecule has 0 aromatic carbocycles. The van der Waals surface area contributed by atoms with E-state index in [0.29, 0.717) is 0 Å². The third kappa shape index (κ3) is 4.77. The standard InChI is InChI=1S/C5H6N4O2.C4H3ClS/c6-9-5-7-1-3(2-8-5)4(10)11;5-4-2-1-3-6-4/h1-2H,6H2,(H,10,11)(H,7,8,9);1-3H. The number of carbonyl (C=O) groups is 1. The molecule has 8 heteroatoms. The molecule has 0 aliphatic heterocycles. The Balaban J connectivity index is 0.000000202. The van der Waals surface area contributed by atoms with E-state index in [-0.39, 0.29) is 11.5 Å². The van der Waals surface area contributed by atoms with Crippen molar-refractivity contribution in [3.63, 3.8) is 0 Å². The third-order valence-corrected chi connectivity index (χ3v) is 2.56. The molecule has 0 aliphatic carbocycles. The van der Waals surface area contributed by atoms with E-state index in [0.717, 1.165) is 4.34 Å². The first-order valence-electron chi connectivity index (χ1n) is 4.34. The van der Waals surface area contributed by atoms with E-state index < -0.39 is 5.97 Å². The molecular formula is C9H9ClN4O2S. The van der Waals surface area contributed by atoms with Gasteiger partial charge in [-0.1, -0.05) is 11.6 Å². The van der Waals surface area contributed by atoms with E-state index in [1.54, 1.807) is 11.3 Å². The summed E-state index contributed by atoms with van der Waals surface area (Å²) in [5.41, 5.74) is 2.21. The zero-order valence-corrected chi connectivity index (χ0v) is 10.1. The van der Waals surface area contributed by atoms with Crippen LogP contribution in [0.3, 0.4) is 0 Å². The van der Waals surface area contributed by atoms with E-state index in [4.69, 9.17) is 22.6 Å². The lowest BCUT2D eigenvalue weighted by molar-refractivity contribution is 0.0696. The Labute approximate surface area is 106 Å². The highest BCUT2D eigenvalue weighted by atomic mass is 35.5. The van der Waals surface area contributed by atoms with Gasteiger partial charge in [0.15, 0.2) is 0 Å². The second-order valence-electron chi connectivity index (χ2n) is 2.66. The molecule has 2 heterocycles. The fourth-order valence-corrected chi connectivity index (χ4v) is 1.44. The summed E-state index contributed by atoms with van der Waals surface area (Å²) in [6.07, 6.45) is 2.34. The first-order chi connectivity index (χ1) is 8.13. The normalized spacial score (nSPS) is 9.06. The van der Waals surface area contributed by atoms with Gasteiger partial charge in [-0.05, 0) is 17.5 Å². The van der Waals surface area contributed by atoms with Gasteiger partial charge in [0.2, 0.25) is 5.95 Å². The average molecular weight is 273 g/mol. The first kappa shape index (κ1) is 13.4. The average Bonchev–Trinajstić information content (AvgIpc) is 2.81. The zero-order chi connectivity index (χ0) is 12.7. The number of carboxylic acid groups (broad SMARTS) is 1. The number of halogens is 1. The summed E-state index contributed by atoms with van der Waals surface area (Å²) in [5, 5.41) is 10.4. The van der Waals surface area contributed by atoms with Crippen molar-refractivity contribution in [1.29, 1.82) is 0 Å². The lowest BCUT2D eigenvalue weighted by atomic mass is 10.4. The van der Waals surface area contributed by atoms with Gasteiger partial charge in [0.25, 0.3) is 0 Å². The molecule has 0 amide bonds. The van der Waals surface area contributed by atoms with Gasteiger partial charge in [0, 0.05) is 12.4 Å². The van der Waals surface area contributed by atoms with Crippen LogP contribution in [-0.4, -0.2) is 21.0 Å². The highest BCUT2D eigenvalue weighted by molar-refractivity contribution is 7.14. The highest BCUT2D eigenvalue weighted by Crippen LogP contribution is 2.13. The molecular weight excluding hydrogens is 264 g/mol. The first-order valence-corrected chi connectivity index (χ1v) is 5.60. The molecule has 6 nitrogen and oxygen atoms in total. The Hall–Kier alpha value is -1.70. The predicted molar refractivity (Wildman–Crippen MR) is 66.1 cm³/mol. The molecule has 17 heavy (non-hydrogen) atoms. The van der Waals surface area contributed by atoms with E-state index >= 15 is 0 Å². The lowest BCUT2D eigenvalue weighted by Gasteiger charge is -1.95. The van der Waals surface area contributed by atoms with Crippen LogP contribution >= 0.6 is 22.9 Å². The number of hydrazine groups is 1. The van der Waals surface area contributed by atoms with Crippen LogP contribution in [-0.2, 0) is 0 Å². The van der Waals surface area contributed by atoms with Gasteiger partial charge >= 0.3 is 5.97 Å². The molecule has 0 saturated heterocycles. The minimum atomic E-state index is -1.06. The molecule has 0 unspecified atom stereocenters. The Morgan fingerprint density at radius 1 is 1.47 bits per heavy atom. The summed E-state index contributed by atoms with van der Waals surface area (Å²) < 4.78 is 0.856. The Morgan fingerprint density at radius 2 is 2.12 bits per heavy atom. The van der Waals surface area contributed by atoms with Gasteiger partial charge < -0.3 is 5.11 Å². The van der Waals surface area contributed by atoms with Crippen molar-refractivity contribution in [3.05, 3.63) is 39.8 Å². The number of hydrogen-bond acceptors (Lipinski definition) is 6. The lowest BCUT2D eigenvalue weighted by Crippen LogP contribution is -2.11. The molecule has 0 atom stereocenters. The summed E-state index contributed by atoms with van der Waals surface area (Å²) in [4.78, 5) is 17.4. The smallest absolute Gasteiger partial charge is 0.338 e. The predicted octanol–water partition coefficient (Wildman–Crippen LogP) is 1.86. The van der Waals surface area contributed by atoms with Crippen molar-refractivity contribution < 1.29 is 9.90 Å². The van der Waals surface area contributed by atoms with Gasteiger partial charge in [-0.25, -0.2) is 20.6 Å². The van der Waals surface area contributed by atoms with Crippen molar-refractivity contribution in [3.8, 4) is 0 Å². The molecule has 0 saturated carbocycles. The number of aromatic nitrogens is 2. The SMILES string of the molecule is Clc1cccs1.NNc1ncc(C(=O)O)cn1. The maximum absolute atomic E-state index is 10.3. The molecule has 0 radical (unpaired) electrons. The molecule has 2 aromatic rings. The van der Waals surface area contributed by atoms with Gasteiger partial charge in [0.1, 0.15) is 0 Å². The highest BCUT2D eigenvalue weighted by Gasteiger charge is 2.02. The van der Waals surface area contributed by atoms with Crippen LogP contribution in [0.2, 0.25) is 4.34 Å². The van der Waals surface area contributed by atoms with Crippen LogP contribution in [0, 0.1) is 0 Å². The van der Waals surface area contributed by atoms with Gasteiger partial charge in [-0.3, -0.25) is 5.43 Å². The zero-order valence-electron chi connectivity index (χ0n) is 8.50. The van der Waals surface area contributed by atoms with Crippen LogP contribution in [0.25, 0.3) is 0 Å². The van der Waals surface area contributed by atoms with Gasteiger partial charge in [0.05, 0.1) is 9.90 Å². The number of rotatable bonds is 2.